The number of hydrogen-bond acceptors (Lipinski definition) is 4. The van der Waals surface area contributed by atoms with Gasteiger partial charge in [-0.05, 0) is 56.7 Å². The van der Waals surface area contributed by atoms with Crippen LogP contribution in [-0.2, 0) is 20.8 Å². The van der Waals surface area contributed by atoms with Crippen molar-refractivity contribution in [2.45, 2.75) is 45.6 Å². The van der Waals surface area contributed by atoms with Crippen molar-refractivity contribution < 1.29 is 18.8 Å². The van der Waals surface area contributed by atoms with Crippen LogP contribution in [0, 0.1) is 11.7 Å². The van der Waals surface area contributed by atoms with Gasteiger partial charge in [0.05, 0.1) is 5.69 Å². The summed E-state index contributed by atoms with van der Waals surface area (Å²) in [6.07, 6.45) is 8.06. The van der Waals surface area contributed by atoms with Gasteiger partial charge in [-0.15, -0.1) is 0 Å². The first kappa shape index (κ1) is 27.1. The van der Waals surface area contributed by atoms with E-state index in [-0.39, 0.29) is 30.8 Å². The lowest BCUT2D eigenvalue weighted by Crippen LogP contribution is -2.46. The average molecular weight is 542 g/mol. The van der Waals surface area contributed by atoms with E-state index in [0.29, 0.717) is 17.1 Å². The van der Waals surface area contributed by atoms with Crippen LogP contribution in [0.4, 0.5) is 15.8 Å². The molecular formula is C31H32FN5O3. The van der Waals surface area contributed by atoms with Gasteiger partial charge in [0.2, 0.25) is 17.7 Å². The van der Waals surface area contributed by atoms with Gasteiger partial charge in [0, 0.05) is 53.4 Å². The molecular weight excluding hydrogens is 509 g/mol. The second-order valence-electron chi connectivity index (χ2n) is 10.4. The summed E-state index contributed by atoms with van der Waals surface area (Å²) in [7, 11) is 0. The fraction of sp³-hybridized carbons (Fsp3) is 0.290. The Balaban J connectivity index is 1.47. The van der Waals surface area contributed by atoms with Crippen molar-refractivity contribution in [3.8, 4) is 0 Å². The monoisotopic (exact) mass is 541 g/mol. The van der Waals surface area contributed by atoms with Gasteiger partial charge in [0.25, 0.3) is 0 Å². The number of allylic oxidation sites excluding steroid dienone is 1. The van der Waals surface area contributed by atoms with Gasteiger partial charge in [-0.25, -0.2) is 4.39 Å². The number of rotatable bonds is 7. The predicted octanol–water partition coefficient (Wildman–Crippen LogP) is 5.02. The molecule has 1 aliphatic heterocycles. The fourth-order valence-electron chi connectivity index (χ4n) is 5.25. The third kappa shape index (κ3) is 5.32. The molecule has 40 heavy (non-hydrogen) atoms. The number of para-hydroxylation sites is 1. The number of halogens is 1. The third-order valence-corrected chi connectivity index (χ3v) is 7.30. The zero-order valence-electron chi connectivity index (χ0n) is 22.8. The van der Waals surface area contributed by atoms with Crippen LogP contribution in [-0.4, -0.2) is 45.4 Å². The molecule has 2 atom stereocenters. The predicted molar refractivity (Wildman–Crippen MR) is 152 cm³/mol. The summed E-state index contributed by atoms with van der Waals surface area (Å²) in [5, 5.41) is 7.53. The highest BCUT2D eigenvalue weighted by Crippen LogP contribution is 2.32. The van der Waals surface area contributed by atoms with Gasteiger partial charge >= 0.3 is 0 Å². The van der Waals surface area contributed by atoms with E-state index >= 15 is 0 Å². The van der Waals surface area contributed by atoms with Crippen molar-refractivity contribution in [3.05, 3.63) is 95.8 Å². The number of amides is 3. The van der Waals surface area contributed by atoms with E-state index in [9.17, 15) is 18.8 Å². The first-order valence-electron chi connectivity index (χ1n) is 13.4. The van der Waals surface area contributed by atoms with Crippen LogP contribution in [0.3, 0.4) is 0 Å². The number of carbonyl (C=O) groups is 3. The van der Waals surface area contributed by atoms with Crippen LogP contribution in [0.5, 0.6) is 0 Å². The summed E-state index contributed by atoms with van der Waals surface area (Å²) in [4.78, 5) is 45.7. The number of benzene rings is 2. The van der Waals surface area contributed by atoms with E-state index in [0.717, 1.165) is 17.7 Å². The number of aromatic amines is 1. The van der Waals surface area contributed by atoms with Crippen molar-refractivity contribution in [2.24, 2.45) is 5.92 Å². The van der Waals surface area contributed by atoms with Gasteiger partial charge < -0.3 is 9.80 Å². The van der Waals surface area contributed by atoms with Gasteiger partial charge in [0.1, 0.15) is 18.3 Å². The maximum absolute atomic E-state index is 14.0. The van der Waals surface area contributed by atoms with Crippen molar-refractivity contribution >= 4 is 35.2 Å². The quantitative estimate of drug-likeness (QED) is 0.426. The van der Waals surface area contributed by atoms with E-state index in [1.165, 1.54) is 51.4 Å². The minimum atomic E-state index is -1.09. The number of anilines is 2. The van der Waals surface area contributed by atoms with Gasteiger partial charge in [-0.3, -0.25) is 24.4 Å². The molecule has 0 radical (unpaired) electrons. The smallest absolute Gasteiger partial charge is 0.247 e. The summed E-state index contributed by atoms with van der Waals surface area (Å²) in [5.74, 6) is -2.48. The zero-order valence-corrected chi connectivity index (χ0v) is 22.8. The number of H-pyrrole nitrogens is 1. The summed E-state index contributed by atoms with van der Waals surface area (Å²) >= 11 is 0. The second kappa shape index (κ2) is 11.3. The van der Waals surface area contributed by atoms with Gasteiger partial charge in [-0.1, -0.05) is 37.3 Å². The molecule has 9 heteroatoms. The number of aromatic nitrogens is 2. The van der Waals surface area contributed by atoms with Crippen LogP contribution in [0.25, 0.3) is 6.08 Å². The van der Waals surface area contributed by atoms with Gasteiger partial charge in [0.15, 0.2) is 0 Å². The van der Waals surface area contributed by atoms with E-state index in [4.69, 9.17) is 0 Å². The Bertz CT molecular complexity index is 1460. The second-order valence-corrected chi connectivity index (χ2v) is 10.4. The molecule has 8 nitrogen and oxygen atoms in total. The zero-order chi connectivity index (χ0) is 28.4. The normalized spacial score (nSPS) is 18.7. The molecule has 0 bridgehead atoms. The topological polar surface area (TPSA) is 89.6 Å². The van der Waals surface area contributed by atoms with Crippen molar-refractivity contribution in [3.63, 3.8) is 0 Å². The highest BCUT2D eigenvalue weighted by molar-refractivity contribution is 6.11. The number of nitrogens with zero attached hydrogens (tertiary/aromatic N) is 4. The van der Waals surface area contributed by atoms with Crippen LogP contribution in [0.2, 0.25) is 0 Å². The summed E-state index contributed by atoms with van der Waals surface area (Å²) < 4.78 is 13.5. The largest absolute Gasteiger partial charge is 0.308 e. The van der Waals surface area contributed by atoms with Crippen LogP contribution >= 0.6 is 0 Å². The molecule has 1 N–H and O–H groups in total. The van der Waals surface area contributed by atoms with Crippen molar-refractivity contribution in [2.75, 3.05) is 16.3 Å². The number of hydrogen-bond donors (Lipinski definition) is 1. The molecule has 3 aromatic rings. The minimum absolute atomic E-state index is 0.110. The molecule has 1 aromatic heterocycles. The highest BCUT2D eigenvalue weighted by Gasteiger charge is 2.38. The molecule has 0 spiro atoms. The third-order valence-electron chi connectivity index (χ3n) is 7.30. The summed E-state index contributed by atoms with van der Waals surface area (Å²) in [6, 6.07) is 14.5. The van der Waals surface area contributed by atoms with Crippen molar-refractivity contribution in [1.82, 2.24) is 15.1 Å². The number of carbonyl (C=O) groups excluding carboxylic acids is 3. The molecule has 0 saturated heterocycles. The minimum Gasteiger partial charge on any atom is -0.308 e. The van der Waals surface area contributed by atoms with E-state index in [2.05, 4.69) is 23.2 Å². The molecule has 0 fully saturated rings. The molecule has 2 aromatic carbocycles. The molecule has 1 aliphatic carbocycles. The van der Waals surface area contributed by atoms with Crippen molar-refractivity contribution in [1.29, 1.82) is 0 Å². The summed E-state index contributed by atoms with van der Waals surface area (Å²) in [5.41, 5.74) is 3.68. The van der Waals surface area contributed by atoms with Crippen LogP contribution in [0.15, 0.2) is 73.1 Å². The van der Waals surface area contributed by atoms with E-state index < -0.39 is 23.5 Å². The Morgan fingerprint density at radius 3 is 2.50 bits per heavy atom. The standard InChI is InChI=1S/C31H32FN5O3/c1-20(2)37(24-14-12-22(32)13-15-24)28(38)19-35-16-17-36(23-9-5-4-6-10-23)31(40)26(30(35)39)18-27-25-11-7-8-21(3)29(25)34-33-27/h4-7,9-17,20-21,26H,8,18-19H2,1-3H3,(H,33,34). The first-order valence-corrected chi connectivity index (χ1v) is 13.4. The maximum Gasteiger partial charge on any atom is 0.247 e. The average Bonchev–Trinajstić information content (AvgIpc) is 3.31. The molecule has 2 heterocycles. The molecule has 2 aliphatic rings. The Hall–Kier alpha value is -4.53. The lowest BCUT2D eigenvalue weighted by atomic mass is 9.90. The van der Waals surface area contributed by atoms with Crippen LogP contribution in [0.1, 0.15) is 50.1 Å². The molecule has 3 amide bonds. The molecule has 206 valence electrons. The number of fused-ring (bicyclic) bond motifs is 1. The Morgan fingerprint density at radius 2 is 1.80 bits per heavy atom. The lowest BCUT2D eigenvalue weighted by Gasteiger charge is -2.29. The summed E-state index contributed by atoms with van der Waals surface area (Å²) in [6.45, 7) is 5.50. The molecule has 0 saturated carbocycles. The SMILES string of the molecule is CC1CC=Cc2c1n[nH]c2CC1C(=O)N(CC(=O)N(c2ccc(F)cc2)C(C)C)C=CN(c2ccccc2)C1=O. The van der Waals surface area contributed by atoms with E-state index in [1.54, 1.807) is 12.1 Å². The Morgan fingerprint density at radius 1 is 1.07 bits per heavy atom. The Kier molecular flexibility index (Phi) is 7.64. The fourth-order valence-corrected chi connectivity index (χ4v) is 5.25. The molecule has 2 unspecified atom stereocenters. The van der Waals surface area contributed by atoms with Gasteiger partial charge in [-0.2, -0.15) is 5.10 Å². The maximum atomic E-state index is 14.0. The number of nitrogens with one attached hydrogen (secondary N) is 1. The molecule has 5 rings (SSSR count). The van der Waals surface area contributed by atoms with Crippen LogP contribution < -0.4 is 9.80 Å². The van der Waals surface area contributed by atoms with E-state index in [1.807, 2.05) is 38.1 Å². The lowest BCUT2D eigenvalue weighted by molar-refractivity contribution is -0.140. The first-order chi connectivity index (χ1) is 19.2. The highest BCUT2D eigenvalue weighted by atomic mass is 19.1. The Labute approximate surface area is 232 Å².